The average Bonchev–Trinajstić information content (AvgIpc) is 2.71. The van der Waals surface area contributed by atoms with E-state index >= 15 is 0 Å². The molecule has 0 radical (unpaired) electrons. The van der Waals surface area contributed by atoms with Gasteiger partial charge in [0, 0.05) is 12.6 Å². The van der Waals surface area contributed by atoms with Crippen LogP contribution in [0.5, 0.6) is 0 Å². The first-order chi connectivity index (χ1) is 13.2. The first-order valence-electron chi connectivity index (χ1n) is 9.22. The molecule has 130 valence electrons. The molecule has 27 heavy (non-hydrogen) atoms. The van der Waals surface area contributed by atoms with Gasteiger partial charge in [-0.3, -0.25) is 5.01 Å². The maximum atomic E-state index is 4.72. The third-order valence-corrected chi connectivity index (χ3v) is 5.40. The Labute approximate surface area is 158 Å². The van der Waals surface area contributed by atoms with Gasteiger partial charge in [0.05, 0.1) is 11.9 Å². The molecule has 0 fully saturated rings. The molecule has 0 heterocycles. The van der Waals surface area contributed by atoms with Crippen molar-refractivity contribution in [1.82, 2.24) is 0 Å². The lowest BCUT2D eigenvalue weighted by molar-refractivity contribution is 1.01. The van der Waals surface area contributed by atoms with Gasteiger partial charge in [0.2, 0.25) is 0 Å². The number of aryl methyl sites for hydroxylation is 1. The van der Waals surface area contributed by atoms with Gasteiger partial charge < -0.3 is 0 Å². The van der Waals surface area contributed by atoms with Crippen LogP contribution in [-0.4, -0.2) is 13.3 Å². The molecule has 5 rings (SSSR count). The van der Waals surface area contributed by atoms with E-state index in [0.29, 0.717) is 0 Å². The van der Waals surface area contributed by atoms with E-state index in [1.54, 1.807) is 0 Å². The third-order valence-electron chi connectivity index (χ3n) is 5.40. The molecule has 2 heteroatoms. The van der Waals surface area contributed by atoms with Crippen LogP contribution in [0.1, 0.15) is 11.1 Å². The molecule has 2 nitrogen and oxygen atoms in total. The van der Waals surface area contributed by atoms with Crippen LogP contribution in [0, 0.1) is 6.92 Å². The summed E-state index contributed by atoms with van der Waals surface area (Å²) in [7, 11) is 1.99. The monoisotopic (exact) mass is 348 g/mol. The molecule has 0 aromatic heterocycles. The van der Waals surface area contributed by atoms with E-state index < -0.39 is 0 Å². The van der Waals surface area contributed by atoms with E-state index in [0.717, 1.165) is 11.3 Å². The van der Waals surface area contributed by atoms with Gasteiger partial charge in [-0.1, -0.05) is 72.8 Å². The highest BCUT2D eigenvalue weighted by molar-refractivity contribution is 6.25. The minimum Gasteiger partial charge on any atom is -0.268 e. The van der Waals surface area contributed by atoms with Crippen LogP contribution in [0.4, 0.5) is 5.69 Å². The zero-order valence-electron chi connectivity index (χ0n) is 15.5. The number of para-hydroxylation sites is 1. The van der Waals surface area contributed by atoms with E-state index in [1.165, 1.54) is 37.9 Å². The average molecular weight is 348 g/mol. The summed E-state index contributed by atoms with van der Waals surface area (Å²) < 4.78 is 0. The largest absolute Gasteiger partial charge is 0.268 e. The van der Waals surface area contributed by atoms with E-state index in [4.69, 9.17) is 5.10 Å². The summed E-state index contributed by atoms with van der Waals surface area (Å²) in [4.78, 5) is 0. The fraction of sp³-hybridized carbons (Fsp3) is 0.0800. The number of hydrazone groups is 1. The van der Waals surface area contributed by atoms with Crippen LogP contribution in [-0.2, 0) is 0 Å². The summed E-state index contributed by atoms with van der Waals surface area (Å²) in [5, 5.41) is 14.4. The molecule has 0 aliphatic heterocycles. The van der Waals surface area contributed by atoms with Gasteiger partial charge in [-0.15, -0.1) is 0 Å². The van der Waals surface area contributed by atoms with Gasteiger partial charge >= 0.3 is 0 Å². The third kappa shape index (κ3) is 2.53. The minimum absolute atomic E-state index is 1.12. The van der Waals surface area contributed by atoms with Gasteiger partial charge in [-0.25, -0.2) is 0 Å². The zero-order chi connectivity index (χ0) is 18.4. The Kier molecular flexibility index (Phi) is 3.58. The lowest BCUT2D eigenvalue weighted by Gasteiger charge is -2.16. The minimum atomic E-state index is 1.12. The molecule has 0 bridgehead atoms. The van der Waals surface area contributed by atoms with E-state index in [9.17, 15) is 0 Å². The molecule has 0 saturated carbocycles. The number of nitrogens with zero attached hydrogens (tertiary/aromatic N) is 2. The lowest BCUT2D eigenvalue weighted by atomic mass is 9.92. The molecule has 0 aliphatic carbocycles. The van der Waals surface area contributed by atoms with E-state index in [-0.39, 0.29) is 0 Å². The highest BCUT2D eigenvalue weighted by atomic mass is 15.4. The summed E-state index contributed by atoms with van der Waals surface area (Å²) in [5.74, 6) is 0. The second-order valence-corrected chi connectivity index (χ2v) is 7.07. The van der Waals surface area contributed by atoms with Crippen molar-refractivity contribution in [3.05, 3.63) is 90.0 Å². The fourth-order valence-corrected chi connectivity index (χ4v) is 4.01. The second kappa shape index (κ2) is 6.10. The topological polar surface area (TPSA) is 15.6 Å². The zero-order valence-corrected chi connectivity index (χ0v) is 15.5. The van der Waals surface area contributed by atoms with Gasteiger partial charge in [0.25, 0.3) is 0 Å². The molecule has 0 spiro atoms. The summed E-state index contributed by atoms with van der Waals surface area (Å²) >= 11 is 0. The van der Waals surface area contributed by atoms with Gasteiger partial charge in [0.1, 0.15) is 0 Å². The molecular weight excluding hydrogens is 328 g/mol. The Morgan fingerprint density at radius 1 is 0.704 bits per heavy atom. The summed E-state index contributed by atoms with van der Waals surface area (Å²) in [5.41, 5.74) is 3.47. The molecular formula is C25H20N2. The van der Waals surface area contributed by atoms with Crippen LogP contribution < -0.4 is 5.01 Å². The molecule has 0 atom stereocenters. The summed E-state index contributed by atoms with van der Waals surface area (Å²) in [6.45, 7) is 2.11. The van der Waals surface area contributed by atoms with Gasteiger partial charge in [-0.2, -0.15) is 5.10 Å². The molecule has 0 N–H and O–H groups in total. The van der Waals surface area contributed by atoms with E-state index in [1.807, 2.05) is 24.3 Å². The first-order valence-corrected chi connectivity index (χ1v) is 9.22. The Hall–Kier alpha value is -3.39. The lowest BCUT2D eigenvalue weighted by Crippen LogP contribution is -2.10. The number of hydrogen-bond acceptors (Lipinski definition) is 2. The highest BCUT2D eigenvalue weighted by Crippen LogP contribution is 2.35. The standard InChI is InChI=1S/C25H20N2/c1-17-6-3-4-9-23(17)27(2)26-16-21-13-12-20-11-10-18-7-5-8-19-14-15-22(21)25(20)24(18)19/h3-16H,1-2H3. The Bertz CT molecular complexity index is 1280. The van der Waals surface area contributed by atoms with Gasteiger partial charge in [-0.05, 0) is 50.9 Å². The predicted octanol–water partition coefficient (Wildman–Crippen LogP) is 6.36. The number of anilines is 1. The summed E-state index contributed by atoms with van der Waals surface area (Å²) in [6, 6.07) is 28.0. The highest BCUT2D eigenvalue weighted by Gasteiger charge is 2.10. The SMILES string of the molecule is Cc1ccccc1N(C)N=Cc1ccc2ccc3cccc4ccc1c2c34. The Balaban J connectivity index is 1.66. The number of hydrogen-bond donors (Lipinski definition) is 0. The maximum Gasteiger partial charge on any atom is 0.0619 e. The van der Waals surface area contributed by atoms with Crippen LogP contribution in [0.2, 0.25) is 0 Å². The Morgan fingerprint density at radius 3 is 2.15 bits per heavy atom. The molecule has 0 aliphatic rings. The smallest absolute Gasteiger partial charge is 0.0619 e. The van der Waals surface area contributed by atoms with Crippen molar-refractivity contribution >= 4 is 44.2 Å². The molecule has 0 amide bonds. The van der Waals surface area contributed by atoms with Crippen LogP contribution in [0.25, 0.3) is 32.3 Å². The molecule has 0 saturated heterocycles. The Morgan fingerprint density at radius 2 is 1.37 bits per heavy atom. The summed E-state index contributed by atoms with van der Waals surface area (Å²) in [6.07, 6.45) is 1.97. The fourth-order valence-electron chi connectivity index (χ4n) is 4.01. The number of rotatable bonds is 3. The van der Waals surface area contributed by atoms with Crippen molar-refractivity contribution < 1.29 is 0 Å². The normalized spacial score (nSPS) is 11.9. The maximum absolute atomic E-state index is 4.72. The van der Waals surface area contributed by atoms with Crippen molar-refractivity contribution in [3.63, 3.8) is 0 Å². The van der Waals surface area contributed by atoms with Crippen molar-refractivity contribution in [1.29, 1.82) is 0 Å². The van der Waals surface area contributed by atoms with Crippen molar-refractivity contribution in [2.24, 2.45) is 5.10 Å². The van der Waals surface area contributed by atoms with Crippen molar-refractivity contribution in [2.75, 3.05) is 12.1 Å². The second-order valence-electron chi connectivity index (χ2n) is 7.07. The van der Waals surface area contributed by atoms with Gasteiger partial charge in [0.15, 0.2) is 0 Å². The van der Waals surface area contributed by atoms with Crippen LogP contribution in [0.3, 0.4) is 0 Å². The predicted molar refractivity (Wildman–Crippen MR) is 117 cm³/mol. The van der Waals surface area contributed by atoms with E-state index in [2.05, 4.69) is 79.7 Å². The van der Waals surface area contributed by atoms with Crippen molar-refractivity contribution in [2.45, 2.75) is 6.92 Å². The van der Waals surface area contributed by atoms with Crippen LogP contribution >= 0.6 is 0 Å². The molecule has 5 aromatic carbocycles. The number of benzene rings is 5. The quantitative estimate of drug-likeness (QED) is 0.210. The molecule has 5 aromatic rings. The molecule has 0 unspecified atom stereocenters. The van der Waals surface area contributed by atoms with Crippen LogP contribution in [0.15, 0.2) is 84.0 Å². The first kappa shape index (κ1) is 15.8. The van der Waals surface area contributed by atoms with Crippen molar-refractivity contribution in [3.8, 4) is 0 Å².